The summed E-state index contributed by atoms with van der Waals surface area (Å²) < 4.78 is 5.17. The molecule has 0 spiro atoms. The molecule has 0 bridgehead atoms. The first-order chi connectivity index (χ1) is 9.22. The molecule has 0 aromatic heterocycles. The molecule has 4 nitrogen and oxygen atoms in total. The van der Waals surface area contributed by atoms with Crippen molar-refractivity contribution in [3.05, 3.63) is 35.4 Å². The predicted octanol–water partition coefficient (Wildman–Crippen LogP) is 1.45. The third kappa shape index (κ3) is 3.55. The number of nitrogens with one attached hydrogen (secondary N) is 2. The van der Waals surface area contributed by atoms with E-state index in [4.69, 9.17) is 4.74 Å². The van der Waals surface area contributed by atoms with Crippen LogP contribution in [0.3, 0.4) is 0 Å². The summed E-state index contributed by atoms with van der Waals surface area (Å²) in [5.41, 5.74) is 2.25. The van der Waals surface area contributed by atoms with Crippen molar-refractivity contribution in [1.82, 2.24) is 10.6 Å². The Morgan fingerprint density at radius 2 is 2.16 bits per heavy atom. The third-order valence-corrected chi connectivity index (χ3v) is 3.73. The molecule has 1 aliphatic rings. The van der Waals surface area contributed by atoms with Crippen LogP contribution in [-0.4, -0.2) is 25.6 Å². The molecule has 1 aromatic carbocycles. The van der Waals surface area contributed by atoms with E-state index in [-0.39, 0.29) is 17.9 Å². The highest BCUT2D eigenvalue weighted by Crippen LogP contribution is 2.16. The molecule has 1 fully saturated rings. The van der Waals surface area contributed by atoms with E-state index >= 15 is 0 Å². The van der Waals surface area contributed by atoms with Gasteiger partial charge in [0.2, 0.25) is 5.91 Å². The van der Waals surface area contributed by atoms with Gasteiger partial charge in [0, 0.05) is 19.7 Å². The largest absolute Gasteiger partial charge is 0.380 e. The summed E-state index contributed by atoms with van der Waals surface area (Å²) in [5.74, 6) is 0.235. The maximum absolute atomic E-state index is 12.1. The van der Waals surface area contributed by atoms with Crippen molar-refractivity contribution in [2.24, 2.45) is 5.92 Å². The minimum Gasteiger partial charge on any atom is -0.380 e. The smallest absolute Gasteiger partial charge is 0.224 e. The molecule has 104 valence electrons. The summed E-state index contributed by atoms with van der Waals surface area (Å²) in [6.45, 7) is 4.14. The van der Waals surface area contributed by atoms with Crippen LogP contribution < -0.4 is 10.6 Å². The van der Waals surface area contributed by atoms with E-state index in [0.717, 1.165) is 24.1 Å². The van der Waals surface area contributed by atoms with Crippen molar-refractivity contribution in [1.29, 1.82) is 0 Å². The van der Waals surface area contributed by atoms with Crippen molar-refractivity contribution in [2.45, 2.75) is 32.5 Å². The fraction of sp³-hybridized carbons (Fsp3) is 0.533. The predicted molar refractivity (Wildman–Crippen MR) is 74.6 cm³/mol. The monoisotopic (exact) mass is 262 g/mol. The van der Waals surface area contributed by atoms with Crippen LogP contribution in [0.15, 0.2) is 24.3 Å². The molecule has 1 heterocycles. The molecule has 1 amide bonds. The lowest BCUT2D eigenvalue weighted by molar-refractivity contribution is -0.125. The van der Waals surface area contributed by atoms with Crippen LogP contribution in [0, 0.1) is 5.92 Å². The van der Waals surface area contributed by atoms with E-state index in [0.29, 0.717) is 13.2 Å². The van der Waals surface area contributed by atoms with Crippen LogP contribution in [0.2, 0.25) is 0 Å². The van der Waals surface area contributed by atoms with Crippen molar-refractivity contribution in [2.75, 3.05) is 13.7 Å². The molecule has 2 atom stereocenters. The van der Waals surface area contributed by atoms with Crippen LogP contribution in [0.1, 0.15) is 24.5 Å². The summed E-state index contributed by atoms with van der Waals surface area (Å²) in [6, 6.07) is 8.31. The summed E-state index contributed by atoms with van der Waals surface area (Å²) in [7, 11) is 1.68. The van der Waals surface area contributed by atoms with Crippen molar-refractivity contribution < 1.29 is 9.53 Å². The summed E-state index contributed by atoms with van der Waals surface area (Å²) in [4.78, 5) is 12.1. The van der Waals surface area contributed by atoms with Gasteiger partial charge < -0.3 is 15.4 Å². The zero-order chi connectivity index (χ0) is 13.7. The molecular formula is C15H22N2O2. The highest BCUT2D eigenvalue weighted by atomic mass is 16.5. The maximum atomic E-state index is 12.1. The van der Waals surface area contributed by atoms with Gasteiger partial charge in [-0.1, -0.05) is 24.3 Å². The molecule has 2 N–H and O–H groups in total. The van der Waals surface area contributed by atoms with E-state index in [1.54, 1.807) is 7.11 Å². The van der Waals surface area contributed by atoms with Crippen LogP contribution in [0.4, 0.5) is 0 Å². The van der Waals surface area contributed by atoms with Gasteiger partial charge >= 0.3 is 0 Å². The van der Waals surface area contributed by atoms with Gasteiger partial charge in [-0.25, -0.2) is 0 Å². The van der Waals surface area contributed by atoms with Gasteiger partial charge in [0.05, 0.1) is 12.5 Å². The van der Waals surface area contributed by atoms with Gasteiger partial charge in [0.1, 0.15) is 0 Å². The van der Waals surface area contributed by atoms with Crippen LogP contribution in [0.5, 0.6) is 0 Å². The Morgan fingerprint density at radius 1 is 1.42 bits per heavy atom. The van der Waals surface area contributed by atoms with E-state index < -0.39 is 0 Å². The SMILES string of the molecule is COCc1ccccc1CNC(=O)C1CCNC1C. The van der Waals surface area contributed by atoms with Gasteiger partial charge in [-0.15, -0.1) is 0 Å². The van der Waals surface area contributed by atoms with E-state index in [1.165, 1.54) is 0 Å². The number of benzene rings is 1. The van der Waals surface area contributed by atoms with Gasteiger partial charge in [-0.2, -0.15) is 0 Å². The molecule has 19 heavy (non-hydrogen) atoms. The molecule has 0 radical (unpaired) electrons. The zero-order valence-electron chi connectivity index (χ0n) is 11.6. The molecule has 0 aliphatic carbocycles. The first-order valence-corrected chi connectivity index (χ1v) is 6.79. The number of rotatable bonds is 5. The highest BCUT2D eigenvalue weighted by molar-refractivity contribution is 5.79. The number of hydrogen-bond donors (Lipinski definition) is 2. The molecule has 1 aromatic rings. The second kappa shape index (κ2) is 6.68. The van der Waals surface area contributed by atoms with E-state index in [2.05, 4.69) is 17.6 Å². The lowest BCUT2D eigenvalue weighted by Gasteiger charge is -2.16. The second-order valence-electron chi connectivity index (χ2n) is 5.06. The minimum atomic E-state index is 0.0922. The van der Waals surface area contributed by atoms with Gasteiger partial charge in [-0.3, -0.25) is 4.79 Å². The number of methoxy groups -OCH3 is 1. The number of amides is 1. The Hall–Kier alpha value is -1.39. The summed E-state index contributed by atoms with van der Waals surface area (Å²) in [6.07, 6.45) is 0.923. The van der Waals surface area contributed by atoms with Crippen LogP contribution >= 0.6 is 0 Å². The van der Waals surface area contributed by atoms with E-state index in [9.17, 15) is 4.79 Å². The molecular weight excluding hydrogens is 240 g/mol. The summed E-state index contributed by atoms with van der Waals surface area (Å²) >= 11 is 0. The average molecular weight is 262 g/mol. The van der Waals surface area contributed by atoms with E-state index in [1.807, 2.05) is 24.3 Å². The van der Waals surface area contributed by atoms with Crippen LogP contribution in [-0.2, 0) is 22.7 Å². The molecule has 2 rings (SSSR count). The first kappa shape index (κ1) is 14.0. The Morgan fingerprint density at radius 3 is 2.79 bits per heavy atom. The van der Waals surface area contributed by atoms with Crippen molar-refractivity contribution in [3.8, 4) is 0 Å². The molecule has 4 heteroatoms. The molecule has 1 saturated heterocycles. The normalized spacial score (nSPS) is 22.4. The fourth-order valence-electron chi connectivity index (χ4n) is 2.56. The lowest BCUT2D eigenvalue weighted by atomic mass is 10.0. The minimum absolute atomic E-state index is 0.0922. The first-order valence-electron chi connectivity index (χ1n) is 6.79. The number of carbonyl (C=O) groups excluding carboxylic acids is 1. The Balaban J connectivity index is 1.93. The van der Waals surface area contributed by atoms with Crippen molar-refractivity contribution in [3.63, 3.8) is 0 Å². The highest BCUT2D eigenvalue weighted by Gasteiger charge is 2.28. The molecule has 1 aliphatic heterocycles. The third-order valence-electron chi connectivity index (χ3n) is 3.73. The molecule has 0 saturated carbocycles. The fourth-order valence-corrected chi connectivity index (χ4v) is 2.56. The van der Waals surface area contributed by atoms with Crippen LogP contribution in [0.25, 0.3) is 0 Å². The number of ether oxygens (including phenoxy) is 1. The molecule has 2 unspecified atom stereocenters. The van der Waals surface area contributed by atoms with Gasteiger partial charge in [0.15, 0.2) is 0 Å². The number of hydrogen-bond acceptors (Lipinski definition) is 3. The average Bonchev–Trinajstić information content (AvgIpc) is 2.84. The Labute approximate surface area is 114 Å². The maximum Gasteiger partial charge on any atom is 0.224 e. The standard InChI is InChI=1S/C15H22N2O2/c1-11-14(7-8-16-11)15(18)17-9-12-5-3-4-6-13(12)10-19-2/h3-6,11,14,16H,7-10H2,1-2H3,(H,17,18). The topological polar surface area (TPSA) is 50.4 Å². The quantitative estimate of drug-likeness (QED) is 0.844. The Bertz CT molecular complexity index is 434. The zero-order valence-corrected chi connectivity index (χ0v) is 11.6. The second-order valence-corrected chi connectivity index (χ2v) is 5.06. The Kier molecular flexibility index (Phi) is 4.93. The van der Waals surface area contributed by atoms with Gasteiger partial charge in [-0.05, 0) is 31.0 Å². The lowest BCUT2D eigenvalue weighted by Crippen LogP contribution is -2.36. The summed E-state index contributed by atoms with van der Waals surface area (Å²) in [5, 5.41) is 6.34. The van der Waals surface area contributed by atoms with Crippen molar-refractivity contribution >= 4 is 5.91 Å². The number of carbonyl (C=O) groups is 1. The van der Waals surface area contributed by atoms with Gasteiger partial charge in [0.25, 0.3) is 0 Å².